The molecular weight excluding hydrogens is 338 g/mol. The average molecular weight is 370 g/mol. The number of Topliss-reactive ketones (excluding diaryl/α,β-unsaturated/α-hetero) is 1. The zero-order valence-corrected chi connectivity index (χ0v) is 16.5. The third-order valence-corrected chi connectivity index (χ3v) is 6.32. The molecule has 0 spiro atoms. The van der Waals surface area contributed by atoms with Gasteiger partial charge in [0.15, 0.2) is 11.4 Å². The molecule has 0 atom stereocenters. The fourth-order valence-electron chi connectivity index (χ4n) is 4.71. The number of aromatic nitrogens is 3. The second-order valence-electron chi connectivity index (χ2n) is 8.44. The van der Waals surface area contributed by atoms with E-state index in [1.165, 1.54) is 64.2 Å². The molecule has 4 rings (SSSR count). The topological polar surface area (TPSA) is 57.0 Å². The number of carbonyl (C=O) groups excluding carboxylic acids is 1. The SMILES string of the molecule is Cn1nc(C(=O)CC2CCCCC2)c2ccc(OCC3CCCCC3)nc21. The van der Waals surface area contributed by atoms with Gasteiger partial charge >= 0.3 is 0 Å². The molecule has 2 aliphatic rings. The minimum atomic E-state index is 0.158. The largest absolute Gasteiger partial charge is 0.477 e. The summed E-state index contributed by atoms with van der Waals surface area (Å²) >= 11 is 0. The fraction of sp³-hybridized carbons (Fsp3) is 0.682. The Morgan fingerprint density at radius 2 is 1.70 bits per heavy atom. The first-order valence-electron chi connectivity index (χ1n) is 10.7. The van der Waals surface area contributed by atoms with Gasteiger partial charge in [0.25, 0.3) is 0 Å². The van der Waals surface area contributed by atoms with Crippen molar-refractivity contribution in [3.05, 3.63) is 17.8 Å². The molecule has 0 aromatic carbocycles. The van der Waals surface area contributed by atoms with Gasteiger partial charge in [-0.25, -0.2) is 4.68 Å². The average Bonchev–Trinajstić information content (AvgIpc) is 3.04. The van der Waals surface area contributed by atoms with Gasteiger partial charge in [-0.15, -0.1) is 0 Å². The van der Waals surface area contributed by atoms with E-state index in [4.69, 9.17) is 4.74 Å². The van der Waals surface area contributed by atoms with Gasteiger partial charge in [-0.2, -0.15) is 10.1 Å². The highest BCUT2D eigenvalue weighted by Crippen LogP contribution is 2.29. The smallest absolute Gasteiger partial charge is 0.215 e. The molecule has 2 aliphatic carbocycles. The van der Waals surface area contributed by atoms with Crippen molar-refractivity contribution in [2.45, 2.75) is 70.6 Å². The lowest BCUT2D eigenvalue weighted by Crippen LogP contribution is -2.15. The Labute approximate surface area is 161 Å². The van der Waals surface area contributed by atoms with Gasteiger partial charge in [-0.3, -0.25) is 4.79 Å². The van der Waals surface area contributed by atoms with Crippen LogP contribution in [0.15, 0.2) is 12.1 Å². The van der Waals surface area contributed by atoms with Crippen LogP contribution in [0.1, 0.15) is 81.1 Å². The molecule has 0 amide bonds. The number of ether oxygens (including phenoxy) is 1. The zero-order valence-electron chi connectivity index (χ0n) is 16.5. The molecule has 27 heavy (non-hydrogen) atoms. The fourth-order valence-corrected chi connectivity index (χ4v) is 4.71. The van der Waals surface area contributed by atoms with E-state index in [0.29, 0.717) is 29.8 Å². The quantitative estimate of drug-likeness (QED) is 0.666. The number of aryl methyl sites for hydroxylation is 1. The molecule has 5 nitrogen and oxygen atoms in total. The van der Waals surface area contributed by atoms with E-state index in [9.17, 15) is 4.79 Å². The number of fused-ring (bicyclic) bond motifs is 1. The maximum atomic E-state index is 12.8. The van der Waals surface area contributed by atoms with E-state index in [0.717, 1.165) is 17.6 Å². The van der Waals surface area contributed by atoms with Crippen LogP contribution in [0.5, 0.6) is 5.88 Å². The van der Waals surface area contributed by atoms with Crippen molar-refractivity contribution in [1.29, 1.82) is 0 Å². The summed E-state index contributed by atoms with van der Waals surface area (Å²) < 4.78 is 7.68. The van der Waals surface area contributed by atoms with Gasteiger partial charge in [-0.05, 0) is 30.7 Å². The second kappa shape index (κ2) is 8.41. The number of hydrogen-bond acceptors (Lipinski definition) is 4. The van der Waals surface area contributed by atoms with Crippen LogP contribution in [0.4, 0.5) is 0 Å². The first kappa shape index (κ1) is 18.5. The minimum absolute atomic E-state index is 0.158. The van der Waals surface area contributed by atoms with E-state index >= 15 is 0 Å². The van der Waals surface area contributed by atoms with Crippen molar-refractivity contribution in [3.63, 3.8) is 0 Å². The van der Waals surface area contributed by atoms with Crippen LogP contribution < -0.4 is 4.74 Å². The predicted octanol–water partition coefficient (Wildman–Crippen LogP) is 5.08. The van der Waals surface area contributed by atoms with E-state index in [1.807, 2.05) is 19.2 Å². The monoisotopic (exact) mass is 369 g/mol. The summed E-state index contributed by atoms with van der Waals surface area (Å²) in [7, 11) is 1.86. The summed E-state index contributed by atoms with van der Waals surface area (Å²) in [5, 5.41) is 5.35. The van der Waals surface area contributed by atoms with Crippen LogP contribution in [-0.4, -0.2) is 27.2 Å². The molecule has 0 bridgehead atoms. The standard InChI is InChI=1S/C22H31N3O2/c1-25-22-18(21(24-25)19(26)14-16-8-4-2-5-9-16)12-13-20(23-22)27-15-17-10-6-3-7-11-17/h12-13,16-17H,2-11,14-15H2,1H3. The molecule has 2 saturated carbocycles. The number of pyridine rings is 1. The molecule has 0 radical (unpaired) electrons. The van der Waals surface area contributed by atoms with E-state index < -0.39 is 0 Å². The van der Waals surface area contributed by atoms with Crippen LogP contribution in [0.25, 0.3) is 11.0 Å². The molecule has 2 aromatic rings. The third kappa shape index (κ3) is 4.33. The first-order chi connectivity index (χ1) is 13.2. The van der Waals surface area contributed by atoms with Crippen molar-refractivity contribution >= 4 is 16.8 Å². The van der Waals surface area contributed by atoms with Gasteiger partial charge in [0, 0.05) is 19.5 Å². The molecule has 0 N–H and O–H groups in total. The van der Waals surface area contributed by atoms with Gasteiger partial charge < -0.3 is 4.74 Å². The summed E-state index contributed by atoms with van der Waals surface area (Å²) in [6.45, 7) is 0.740. The maximum absolute atomic E-state index is 12.8. The molecule has 2 fully saturated rings. The predicted molar refractivity (Wildman–Crippen MR) is 106 cm³/mol. The van der Waals surface area contributed by atoms with Gasteiger partial charge in [-0.1, -0.05) is 51.4 Å². The number of hydrogen-bond donors (Lipinski definition) is 0. The van der Waals surface area contributed by atoms with Gasteiger partial charge in [0.1, 0.15) is 5.69 Å². The molecule has 0 aliphatic heterocycles. The minimum Gasteiger partial charge on any atom is -0.477 e. The van der Waals surface area contributed by atoms with Gasteiger partial charge in [0.2, 0.25) is 5.88 Å². The molecule has 2 heterocycles. The molecule has 2 aromatic heterocycles. The normalized spacial score (nSPS) is 19.4. The highest BCUT2D eigenvalue weighted by molar-refractivity contribution is 6.05. The highest BCUT2D eigenvalue weighted by Gasteiger charge is 2.23. The molecule has 0 saturated heterocycles. The summed E-state index contributed by atoms with van der Waals surface area (Å²) in [6.07, 6.45) is 13.3. The van der Waals surface area contributed by atoms with E-state index in [2.05, 4.69) is 10.1 Å². The van der Waals surface area contributed by atoms with Crippen LogP contribution in [0.2, 0.25) is 0 Å². The Bertz CT molecular complexity index is 786. The van der Waals surface area contributed by atoms with Crippen molar-refractivity contribution in [2.24, 2.45) is 18.9 Å². The summed E-state index contributed by atoms with van der Waals surface area (Å²) in [4.78, 5) is 17.5. The number of carbonyl (C=O) groups is 1. The Hall–Kier alpha value is -1.91. The van der Waals surface area contributed by atoms with Crippen LogP contribution in [0, 0.1) is 11.8 Å². The van der Waals surface area contributed by atoms with Crippen molar-refractivity contribution in [2.75, 3.05) is 6.61 Å². The second-order valence-corrected chi connectivity index (χ2v) is 8.44. The van der Waals surface area contributed by atoms with E-state index in [1.54, 1.807) is 4.68 Å². The van der Waals surface area contributed by atoms with Crippen LogP contribution in [-0.2, 0) is 7.05 Å². The summed E-state index contributed by atoms with van der Waals surface area (Å²) in [5.41, 5.74) is 1.31. The highest BCUT2D eigenvalue weighted by atomic mass is 16.5. The molecule has 5 heteroatoms. The lowest BCUT2D eigenvalue weighted by atomic mass is 9.85. The van der Waals surface area contributed by atoms with Crippen molar-refractivity contribution in [1.82, 2.24) is 14.8 Å². The maximum Gasteiger partial charge on any atom is 0.215 e. The Kier molecular flexibility index (Phi) is 5.74. The Balaban J connectivity index is 1.46. The molecule has 0 unspecified atom stereocenters. The van der Waals surface area contributed by atoms with Gasteiger partial charge in [0.05, 0.1) is 12.0 Å². The zero-order chi connectivity index (χ0) is 18.6. The lowest BCUT2D eigenvalue weighted by Gasteiger charge is -2.21. The Morgan fingerprint density at radius 3 is 2.41 bits per heavy atom. The third-order valence-electron chi connectivity index (χ3n) is 6.32. The van der Waals surface area contributed by atoms with Crippen LogP contribution in [0.3, 0.4) is 0 Å². The van der Waals surface area contributed by atoms with Crippen molar-refractivity contribution in [3.8, 4) is 5.88 Å². The number of nitrogens with zero attached hydrogens (tertiary/aromatic N) is 3. The number of rotatable bonds is 6. The number of ketones is 1. The van der Waals surface area contributed by atoms with Crippen molar-refractivity contribution < 1.29 is 9.53 Å². The summed E-state index contributed by atoms with van der Waals surface area (Å²) in [6, 6.07) is 3.85. The molecule has 146 valence electrons. The van der Waals surface area contributed by atoms with Crippen LogP contribution >= 0.6 is 0 Å². The molecular formula is C22H31N3O2. The lowest BCUT2D eigenvalue weighted by molar-refractivity contribution is 0.0946. The summed E-state index contributed by atoms with van der Waals surface area (Å²) in [5.74, 6) is 1.97. The van der Waals surface area contributed by atoms with E-state index in [-0.39, 0.29) is 5.78 Å². The Morgan fingerprint density at radius 1 is 1.04 bits per heavy atom. The first-order valence-corrected chi connectivity index (χ1v) is 10.7.